The third kappa shape index (κ3) is 5.97. The lowest BCUT2D eigenvalue weighted by molar-refractivity contribution is -0.113. The van der Waals surface area contributed by atoms with Crippen molar-refractivity contribution in [3.63, 3.8) is 0 Å². The number of hydrogen-bond donors (Lipinski definition) is 0. The highest BCUT2D eigenvalue weighted by Crippen LogP contribution is 2.24. The number of aromatic nitrogens is 3. The molecule has 0 bridgehead atoms. The van der Waals surface area contributed by atoms with E-state index >= 15 is 0 Å². The zero-order valence-electron chi connectivity index (χ0n) is 20.5. The van der Waals surface area contributed by atoms with Crippen LogP contribution >= 0.6 is 0 Å². The van der Waals surface area contributed by atoms with Gasteiger partial charge in [0.25, 0.3) is 0 Å². The first-order valence-electron chi connectivity index (χ1n) is 12.3. The lowest BCUT2D eigenvalue weighted by Gasteiger charge is -2.29. The maximum atomic E-state index is 13.5. The predicted octanol–water partition coefficient (Wildman–Crippen LogP) is 5.36. The Hall–Kier alpha value is -3.31. The summed E-state index contributed by atoms with van der Waals surface area (Å²) in [4.78, 5) is 15.8. The molecule has 0 N–H and O–H groups in total. The summed E-state index contributed by atoms with van der Waals surface area (Å²) in [6.07, 6.45) is 9.12. The van der Waals surface area contributed by atoms with Crippen molar-refractivity contribution in [1.82, 2.24) is 19.9 Å². The molecular weight excluding hydrogens is 420 g/mol. The molecule has 0 aliphatic carbocycles. The zero-order chi connectivity index (χ0) is 23.9. The Morgan fingerprint density at radius 1 is 0.824 bits per heavy atom. The van der Waals surface area contributed by atoms with Gasteiger partial charge in [0, 0.05) is 43.5 Å². The van der Waals surface area contributed by atoms with E-state index in [2.05, 4.69) is 84.5 Å². The second kappa shape index (κ2) is 11.2. The summed E-state index contributed by atoms with van der Waals surface area (Å²) in [5.74, 6) is 0.130. The van der Waals surface area contributed by atoms with Gasteiger partial charge < -0.3 is 0 Å². The van der Waals surface area contributed by atoms with Crippen LogP contribution in [-0.2, 0) is 30.7 Å². The van der Waals surface area contributed by atoms with Crippen molar-refractivity contribution in [3.05, 3.63) is 93.8 Å². The maximum Gasteiger partial charge on any atom is 0.187 e. The van der Waals surface area contributed by atoms with E-state index in [1.807, 2.05) is 23.0 Å². The Kier molecular flexibility index (Phi) is 7.86. The van der Waals surface area contributed by atoms with Crippen LogP contribution in [0.1, 0.15) is 55.1 Å². The van der Waals surface area contributed by atoms with Crippen molar-refractivity contribution in [2.75, 3.05) is 13.1 Å². The van der Waals surface area contributed by atoms with Gasteiger partial charge in [-0.1, -0.05) is 74.5 Å². The molecule has 0 unspecified atom stereocenters. The number of carbonyl (C=O) groups excluding carboxylic acids is 1. The normalized spacial score (nSPS) is 17.1. The van der Waals surface area contributed by atoms with Gasteiger partial charge in [0.1, 0.15) is 0 Å². The molecule has 1 fully saturated rings. The number of ketones is 1. The molecule has 2 heterocycles. The first kappa shape index (κ1) is 23.8. The van der Waals surface area contributed by atoms with Crippen LogP contribution in [0.25, 0.3) is 12.2 Å². The SMILES string of the molecule is CCCn1cc(CN2CC(=Cc3ccc(CC)cc3)C(=O)C(=Cc3ccc(CC)cc3)C2)nn1. The van der Waals surface area contributed by atoms with Crippen molar-refractivity contribution in [1.29, 1.82) is 0 Å². The van der Waals surface area contributed by atoms with Crippen LogP contribution in [-0.4, -0.2) is 38.8 Å². The minimum atomic E-state index is 0.130. The average molecular weight is 455 g/mol. The quantitative estimate of drug-likeness (QED) is 0.430. The molecule has 5 nitrogen and oxygen atoms in total. The summed E-state index contributed by atoms with van der Waals surface area (Å²) in [5.41, 5.74) is 7.27. The van der Waals surface area contributed by atoms with Crippen molar-refractivity contribution in [3.8, 4) is 0 Å². The van der Waals surface area contributed by atoms with E-state index in [1.54, 1.807) is 0 Å². The van der Waals surface area contributed by atoms with E-state index in [0.717, 1.165) is 53.8 Å². The molecule has 4 rings (SSSR count). The average Bonchev–Trinajstić information content (AvgIpc) is 3.30. The van der Waals surface area contributed by atoms with Crippen LogP contribution in [0.2, 0.25) is 0 Å². The van der Waals surface area contributed by atoms with Crippen LogP contribution in [0.15, 0.2) is 65.9 Å². The zero-order valence-corrected chi connectivity index (χ0v) is 20.5. The summed E-state index contributed by atoms with van der Waals surface area (Å²) in [5, 5.41) is 8.59. The molecule has 0 saturated carbocycles. The van der Waals surface area contributed by atoms with Gasteiger partial charge in [0.15, 0.2) is 5.78 Å². The van der Waals surface area contributed by atoms with Crippen LogP contribution in [0.4, 0.5) is 0 Å². The third-order valence-electron chi connectivity index (χ3n) is 6.25. The summed E-state index contributed by atoms with van der Waals surface area (Å²) >= 11 is 0. The number of benzene rings is 2. The number of likely N-dealkylation sites (tertiary alicyclic amines) is 1. The third-order valence-corrected chi connectivity index (χ3v) is 6.25. The summed E-state index contributed by atoms with van der Waals surface area (Å²) in [7, 11) is 0. The number of carbonyl (C=O) groups is 1. The minimum absolute atomic E-state index is 0.130. The van der Waals surface area contributed by atoms with Crippen molar-refractivity contribution in [2.24, 2.45) is 0 Å². The Bertz CT molecular complexity index is 1100. The van der Waals surface area contributed by atoms with Gasteiger partial charge in [-0.25, -0.2) is 0 Å². The van der Waals surface area contributed by atoms with Crippen LogP contribution in [0.5, 0.6) is 0 Å². The second-order valence-electron chi connectivity index (χ2n) is 8.98. The number of rotatable bonds is 8. The fourth-order valence-electron chi connectivity index (χ4n) is 4.30. The van der Waals surface area contributed by atoms with Gasteiger partial charge in [-0.2, -0.15) is 0 Å². The van der Waals surface area contributed by atoms with E-state index in [-0.39, 0.29) is 5.78 Å². The Morgan fingerprint density at radius 2 is 1.35 bits per heavy atom. The van der Waals surface area contributed by atoms with Crippen LogP contribution in [0.3, 0.4) is 0 Å². The van der Waals surface area contributed by atoms with Gasteiger partial charge in [0.2, 0.25) is 0 Å². The summed E-state index contributed by atoms with van der Waals surface area (Å²) in [6.45, 7) is 9.15. The van der Waals surface area contributed by atoms with Crippen molar-refractivity contribution >= 4 is 17.9 Å². The molecular formula is C29H34N4O. The fourth-order valence-corrected chi connectivity index (χ4v) is 4.30. The maximum absolute atomic E-state index is 13.5. The topological polar surface area (TPSA) is 51.0 Å². The van der Waals surface area contributed by atoms with Gasteiger partial charge in [0.05, 0.1) is 5.69 Å². The molecule has 5 heteroatoms. The molecule has 3 aromatic rings. The van der Waals surface area contributed by atoms with E-state index in [1.165, 1.54) is 11.1 Å². The number of nitrogens with zero attached hydrogens (tertiary/aromatic N) is 4. The highest BCUT2D eigenvalue weighted by atomic mass is 16.1. The number of aryl methyl sites for hydroxylation is 3. The number of piperidine rings is 1. The molecule has 0 atom stereocenters. The Labute approximate surface area is 202 Å². The van der Waals surface area contributed by atoms with Crippen molar-refractivity contribution in [2.45, 2.75) is 53.1 Å². The van der Waals surface area contributed by atoms with Gasteiger partial charge in [-0.3, -0.25) is 14.4 Å². The molecule has 34 heavy (non-hydrogen) atoms. The number of Topliss-reactive ketones (excluding diaryl/α,β-unsaturated/α-hetero) is 1. The Morgan fingerprint density at radius 3 is 1.82 bits per heavy atom. The highest BCUT2D eigenvalue weighted by molar-refractivity contribution is 6.14. The molecule has 1 saturated heterocycles. The standard InChI is InChI=1S/C29H34N4O/c1-4-15-33-21-28(30-31-33)20-32-18-26(16-24-11-7-22(5-2)8-12-24)29(34)27(19-32)17-25-13-9-23(6-3)10-14-25/h7-14,16-17,21H,4-6,15,18-20H2,1-3H3. The smallest absolute Gasteiger partial charge is 0.187 e. The predicted molar refractivity (Wildman–Crippen MR) is 138 cm³/mol. The lowest BCUT2D eigenvalue weighted by Crippen LogP contribution is -2.37. The molecule has 0 amide bonds. The van der Waals surface area contributed by atoms with Crippen LogP contribution in [0, 0.1) is 0 Å². The summed E-state index contributed by atoms with van der Waals surface area (Å²) < 4.78 is 1.89. The van der Waals surface area contributed by atoms with Gasteiger partial charge >= 0.3 is 0 Å². The molecule has 1 aliphatic rings. The molecule has 0 spiro atoms. The first-order valence-corrected chi connectivity index (χ1v) is 12.3. The van der Waals surface area contributed by atoms with Crippen LogP contribution < -0.4 is 0 Å². The van der Waals surface area contributed by atoms with E-state index in [9.17, 15) is 4.79 Å². The first-order chi connectivity index (χ1) is 16.6. The van der Waals surface area contributed by atoms with E-state index in [4.69, 9.17) is 0 Å². The van der Waals surface area contributed by atoms with Gasteiger partial charge in [-0.15, -0.1) is 5.10 Å². The molecule has 2 aromatic carbocycles. The van der Waals surface area contributed by atoms with Crippen molar-refractivity contribution < 1.29 is 4.79 Å². The van der Waals surface area contributed by atoms with Gasteiger partial charge in [-0.05, 0) is 53.7 Å². The molecule has 1 aromatic heterocycles. The minimum Gasteiger partial charge on any atom is -0.289 e. The molecule has 176 valence electrons. The number of hydrogen-bond acceptors (Lipinski definition) is 4. The van der Waals surface area contributed by atoms with E-state index < -0.39 is 0 Å². The lowest BCUT2D eigenvalue weighted by atomic mass is 9.93. The molecule has 1 aliphatic heterocycles. The van der Waals surface area contributed by atoms with E-state index in [0.29, 0.717) is 19.6 Å². The highest BCUT2D eigenvalue weighted by Gasteiger charge is 2.26. The molecule has 0 radical (unpaired) electrons. The monoisotopic (exact) mass is 454 g/mol. The summed E-state index contributed by atoms with van der Waals surface area (Å²) in [6, 6.07) is 16.9. The second-order valence-corrected chi connectivity index (χ2v) is 8.98. The fraction of sp³-hybridized carbons (Fsp3) is 0.345. The largest absolute Gasteiger partial charge is 0.289 e. The Balaban J connectivity index is 1.62.